The Labute approximate surface area is 193 Å². The highest BCUT2D eigenvalue weighted by Crippen LogP contribution is 2.35. The number of likely N-dealkylation sites (N-methyl/N-ethyl adjacent to an activating group) is 1. The van der Waals surface area contributed by atoms with Crippen LogP contribution in [0.2, 0.25) is 0 Å². The Morgan fingerprint density at radius 1 is 1.25 bits per heavy atom. The van der Waals surface area contributed by atoms with Gasteiger partial charge >= 0.3 is 5.97 Å². The van der Waals surface area contributed by atoms with Crippen molar-refractivity contribution in [2.45, 2.75) is 37.6 Å². The Kier molecular flexibility index (Phi) is 7.71. The Balaban J connectivity index is 1.82. The fraction of sp³-hybridized carbons (Fsp3) is 0.455. The van der Waals surface area contributed by atoms with Crippen LogP contribution >= 0.6 is 11.3 Å². The number of benzene rings is 1. The zero-order valence-electron chi connectivity index (χ0n) is 18.9. The highest BCUT2D eigenvalue weighted by Gasteiger charge is 2.30. The summed E-state index contributed by atoms with van der Waals surface area (Å²) >= 11 is 1.40. The van der Waals surface area contributed by atoms with Crippen molar-refractivity contribution in [3.63, 3.8) is 0 Å². The van der Waals surface area contributed by atoms with Gasteiger partial charge in [-0.1, -0.05) is 13.3 Å². The number of quaternary nitrogens is 1. The van der Waals surface area contributed by atoms with Crippen LogP contribution in [0.1, 0.15) is 50.9 Å². The predicted octanol–water partition coefficient (Wildman–Crippen LogP) is 1.78. The third kappa shape index (κ3) is 5.03. The molecule has 0 radical (unpaired) electrons. The topological polar surface area (TPSA) is 97.2 Å². The average molecular weight is 481 g/mol. The number of anilines is 1. The molecule has 0 saturated heterocycles. The SMILES string of the molecule is CCCCN(C)S(=O)(=O)c1ccc(C(=O)Nc2sc3c(c2C(=O)OC)CC[NH+](C)C3)cc1. The third-order valence-corrected chi connectivity index (χ3v) is 8.64. The molecular formula is C22H30N3O5S2+. The largest absolute Gasteiger partial charge is 0.465 e. The van der Waals surface area contributed by atoms with Crippen molar-refractivity contribution >= 4 is 38.2 Å². The summed E-state index contributed by atoms with van der Waals surface area (Å²) in [7, 11) is 1.37. The number of methoxy groups -OCH3 is 1. The van der Waals surface area contributed by atoms with Gasteiger partial charge in [-0.25, -0.2) is 17.5 Å². The quantitative estimate of drug-likeness (QED) is 0.562. The van der Waals surface area contributed by atoms with Gasteiger partial charge in [0.2, 0.25) is 10.0 Å². The number of nitrogens with one attached hydrogen (secondary N) is 2. The van der Waals surface area contributed by atoms with Crippen LogP contribution in [0, 0.1) is 0 Å². The van der Waals surface area contributed by atoms with Crippen LogP contribution in [0.5, 0.6) is 0 Å². The van der Waals surface area contributed by atoms with Gasteiger partial charge in [0.1, 0.15) is 11.5 Å². The van der Waals surface area contributed by atoms with Crippen molar-refractivity contribution in [2.75, 3.05) is 39.6 Å². The van der Waals surface area contributed by atoms with E-state index < -0.39 is 21.9 Å². The molecule has 1 aromatic carbocycles. The highest BCUT2D eigenvalue weighted by molar-refractivity contribution is 7.89. The minimum Gasteiger partial charge on any atom is -0.465 e. The van der Waals surface area contributed by atoms with E-state index in [1.54, 1.807) is 7.05 Å². The Morgan fingerprint density at radius 2 is 1.94 bits per heavy atom. The van der Waals surface area contributed by atoms with Gasteiger partial charge in [0, 0.05) is 25.6 Å². The lowest BCUT2D eigenvalue weighted by atomic mass is 10.0. The number of esters is 1. The van der Waals surface area contributed by atoms with E-state index in [1.165, 1.54) is 51.9 Å². The van der Waals surface area contributed by atoms with Gasteiger partial charge in [-0.05, 0) is 36.2 Å². The van der Waals surface area contributed by atoms with E-state index in [-0.39, 0.29) is 4.90 Å². The molecule has 1 aromatic heterocycles. The van der Waals surface area contributed by atoms with Gasteiger partial charge in [0.25, 0.3) is 5.91 Å². The van der Waals surface area contributed by atoms with Crippen LogP contribution < -0.4 is 10.2 Å². The molecule has 1 aliphatic heterocycles. The maximum atomic E-state index is 12.9. The van der Waals surface area contributed by atoms with Gasteiger partial charge in [-0.3, -0.25) is 4.79 Å². The second-order valence-electron chi connectivity index (χ2n) is 7.99. The summed E-state index contributed by atoms with van der Waals surface area (Å²) in [5.41, 5.74) is 1.68. The number of hydrogen-bond acceptors (Lipinski definition) is 6. The normalized spacial score (nSPS) is 16.0. The average Bonchev–Trinajstić information content (AvgIpc) is 3.13. The fourth-order valence-corrected chi connectivity index (χ4v) is 6.21. The highest BCUT2D eigenvalue weighted by atomic mass is 32.2. The van der Waals surface area contributed by atoms with E-state index >= 15 is 0 Å². The standard InChI is InChI=1S/C22H29N3O5S2/c1-5-6-12-25(3)32(28,29)16-9-7-15(8-10-16)20(26)23-21-19(22(27)30-4)17-11-13-24(2)14-18(17)31-21/h7-10H,5-6,11-14H2,1-4H3,(H,23,26)/p+1. The third-order valence-electron chi connectivity index (χ3n) is 5.62. The first-order valence-corrected chi connectivity index (χ1v) is 12.9. The van der Waals surface area contributed by atoms with Gasteiger partial charge in [0.05, 0.1) is 36.0 Å². The molecule has 1 atom stereocenters. The molecular weight excluding hydrogens is 450 g/mol. The first-order chi connectivity index (χ1) is 15.2. The molecule has 10 heteroatoms. The lowest BCUT2D eigenvalue weighted by Crippen LogP contribution is -3.08. The molecule has 174 valence electrons. The number of hydrogen-bond donors (Lipinski definition) is 2. The van der Waals surface area contributed by atoms with Crippen LogP contribution in [0.4, 0.5) is 5.00 Å². The summed E-state index contributed by atoms with van der Waals surface area (Å²) < 4.78 is 31.6. The Bertz CT molecular complexity index is 1090. The molecule has 0 saturated carbocycles. The summed E-state index contributed by atoms with van der Waals surface area (Å²) in [4.78, 5) is 27.8. The first-order valence-electron chi connectivity index (χ1n) is 10.6. The fourth-order valence-electron chi connectivity index (χ4n) is 3.66. The number of unbranched alkanes of at least 4 members (excludes halogenated alkanes) is 1. The van der Waals surface area contributed by atoms with E-state index in [1.807, 2.05) is 6.92 Å². The van der Waals surface area contributed by atoms with Crippen molar-refractivity contribution in [3.8, 4) is 0 Å². The van der Waals surface area contributed by atoms with Crippen LogP contribution in [-0.2, 0) is 27.7 Å². The van der Waals surface area contributed by atoms with Crippen LogP contribution in [0.15, 0.2) is 29.2 Å². The van der Waals surface area contributed by atoms with E-state index in [4.69, 9.17) is 4.74 Å². The monoisotopic (exact) mass is 480 g/mol. The second kappa shape index (κ2) is 10.1. The van der Waals surface area contributed by atoms with E-state index in [9.17, 15) is 18.0 Å². The number of amides is 1. The number of fused-ring (bicyclic) bond motifs is 1. The molecule has 1 aliphatic rings. The van der Waals surface area contributed by atoms with Gasteiger partial charge in [-0.15, -0.1) is 11.3 Å². The Morgan fingerprint density at radius 3 is 2.56 bits per heavy atom. The van der Waals surface area contributed by atoms with Crippen molar-refractivity contribution < 1.29 is 27.6 Å². The molecule has 0 bridgehead atoms. The zero-order valence-corrected chi connectivity index (χ0v) is 20.5. The van der Waals surface area contributed by atoms with Crippen LogP contribution in [0.3, 0.4) is 0 Å². The zero-order chi connectivity index (χ0) is 23.5. The van der Waals surface area contributed by atoms with E-state index in [0.717, 1.165) is 42.8 Å². The molecule has 0 spiro atoms. The van der Waals surface area contributed by atoms with Crippen molar-refractivity contribution in [1.29, 1.82) is 0 Å². The summed E-state index contributed by atoms with van der Waals surface area (Å²) in [6, 6.07) is 5.84. The van der Waals surface area contributed by atoms with Gasteiger partial charge < -0.3 is 15.0 Å². The molecule has 2 aromatic rings. The number of carbonyl (C=O) groups excluding carboxylic acids is 2. The molecule has 3 rings (SSSR count). The predicted molar refractivity (Wildman–Crippen MR) is 124 cm³/mol. The molecule has 1 amide bonds. The minimum atomic E-state index is -3.60. The number of carbonyl (C=O) groups is 2. The van der Waals surface area contributed by atoms with Crippen molar-refractivity contribution in [3.05, 3.63) is 45.8 Å². The van der Waals surface area contributed by atoms with Crippen molar-refractivity contribution in [2.24, 2.45) is 0 Å². The molecule has 0 fully saturated rings. The number of thiophene rings is 1. The molecule has 1 unspecified atom stereocenters. The molecule has 0 aliphatic carbocycles. The number of rotatable bonds is 8. The smallest absolute Gasteiger partial charge is 0.341 e. The summed E-state index contributed by atoms with van der Waals surface area (Å²) in [5, 5.41) is 3.30. The number of nitrogens with zero attached hydrogens (tertiary/aromatic N) is 1. The summed E-state index contributed by atoms with van der Waals surface area (Å²) in [6.07, 6.45) is 2.42. The van der Waals surface area contributed by atoms with E-state index in [2.05, 4.69) is 12.4 Å². The second-order valence-corrected chi connectivity index (χ2v) is 11.1. The Hall–Kier alpha value is -2.27. The van der Waals surface area contributed by atoms with Crippen LogP contribution in [-0.4, -0.2) is 58.9 Å². The summed E-state index contributed by atoms with van der Waals surface area (Å²) in [6.45, 7) is 4.14. The summed E-state index contributed by atoms with van der Waals surface area (Å²) in [5.74, 6) is -0.869. The minimum absolute atomic E-state index is 0.139. The molecule has 2 heterocycles. The van der Waals surface area contributed by atoms with Gasteiger partial charge in [0.15, 0.2) is 0 Å². The number of sulfonamides is 1. The maximum Gasteiger partial charge on any atom is 0.341 e. The molecule has 32 heavy (non-hydrogen) atoms. The maximum absolute atomic E-state index is 12.9. The van der Waals surface area contributed by atoms with Crippen LogP contribution in [0.25, 0.3) is 0 Å². The lowest BCUT2D eigenvalue weighted by Gasteiger charge is -2.19. The van der Waals surface area contributed by atoms with Crippen molar-refractivity contribution in [1.82, 2.24) is 4.31 Å². The molecule has 8 nitrogen and oxygen atoms in total. The number of ether oxygens (including phenoxy) is 1. The van der Waals surface area contributed by atoms with Gasteiger partial charge in [-0.2, -0.15) is 0 Å². The lowest BCUT2D eigenvalue weighted by molar-refractivity contribution is -0.895. The molecule has 2 N–H and O–H groups in total. The van der Waals surface area contributed by atoms with E-state index in [0.29, 0.717) is 22.7 Å². The first kappa shape index (κ1) is 24.4.